The van der Waals surface area contributed by atoms with Crippen molar-refractivity contribution >= 4 is 5.82 Å². The molecule has 1 aromatic rings. The molecule has 0 unspecified atom stereocenters. The third-order valence-corrected chi connectivity index (χ3v) is 1.89. The number of rotatable bonds is 6. The zero-order valence-corrected chi connectivity index (χ0v) is 8.63. The van der Waals surface area contributed by atoms with Gasteiger partial charge in [0.2, 0.25) is 0 Å². The third-order valence-electron chi connectivity index (χ3n) is 1.89. The van der Waals surface area contributed by atoms with Crippen LogP contribution < -0.4 is 4.90 Å². The second kappa shape index (κ2) is 5.93. The van der Waals surface area contributed by atoms with Gasteiger partial charge < -0.3 is 10.0 Å². The van der Waals surface area contributed by atoms with Crippen molar-refractivity contribution in [3.63, 3.8) is 0 Å². The molecule has 1 N–H and O–H groups in total. The maximum Gasteiger partial charge on any atom is 0.151 e. The maximum absolute atomic E-state index is 8.83. The predicted octanol–water partition coefficient (Wildman–Crippen LogP) is 1.15. The third kappa shape index (κ3) is 3.18. The van der Waals surface area contributed by atoms with Gasteiger partial charge in [0.05, 0.1) is 12.3 Å². The van der Waals surface area contributed by atoms with E-state index in [-0.39, 0.29) is 6.61 Å². The normalized spacial score (nSPS) is 9.67. The van der Waals surface area contributed by atoms with Gasteiger partial charge in [-0.25, -0.2) is 0 Å². The van der Waals surface area contributed by atoms with E-state index in [2.05, 4.69) is 23.4 Å². The summed E-state index contributed by atoms with van der Waals surface area (Å²) in [6.45, 7) is 8.66. The highest BCUT2D eigenvalue weighted by Crippen LogP contribution is 2.09. The fourth-order valence-corrected chi connectivity index (χ4v) is 1.18. The largest absolute Gasteiger partial charge is 0.390 e. The summed E-state index contributed by atoms with van der Waals surface area (Å²) in [6, 6.07) is 3.58. The van der Waals surface area contributed by atoms with E-state index in [1.54, 1.807) is 18.2 Å². The van der Waals surface area contributed by atoms with Crippen molar-refractivity contribution in [1.82, 2.24) is 10.2 Å². The fraction of sp³-hybridized carbons (Fsp3) is 0.273. The molecule has 4 nitrogen and oxygen atoms in total. The number of anilines is 1. The van der Waals surface area contributed by atoms with Gasteiger partial charge in [-0.05, 0) is 12.1 Å². The lowest BCUT2D eigenvalue weighted by atomic mass is 10.3. The molecule has 0 amide bonds. The molecule has 0 saturated heterocycles. The van der Waals surface area contributed by atoms with Crippen LogP contribution in [-0.2, 0) is 6.61 Å². The minimum Gasteiger partial charge on any atom is -0.390 e. The SMILES string of the molecule is C=CCN(CC=C)c1ccc(CO)nn1. The smallest absolute Gasteiger partial charge is 0.151 e. The molecule has 0 radical (unpaired) electrons. The van der Waals surface area contributed by atoms with E-state index >= 15 is 0 Å². The minimum atomic E-state index is -0.0871. The quantitative estimate of drug-likeness (QED) is 0.708. The first-order valence-electron chi connectivity index (χ1n) is 4.72. The zero-order chi connectivity index (χ0) is 11.1. The Balaban J connectivity index is 2.80. The number of hydrogen-bond acceptors (Lipinski definition) is 4. The topological polar surface area (TPSA) is 49.2 Å². The second-order valence-electron chi connectivity index (χ2n) is 3.02. The highest BCUT2D eigenvalue weighted by molar-refractivity contribution is 5.38. The van der Waals surface area contributed by atoms with Crippen molar-refractivity contribution in [2.75, 3.05) is 18.0 Å². The molecule has 0 spiro atoms. The molecule has 1 heterocycles. The van der Waals surface area contributed by atoms with Gasteiger partial charge in [-0.15, -0.1) is 18.3 Å². The van der Waals surface area contributed by atoms with Crippen LogP contribution in [0.25, 0.3) is 0 Å². The number of aromatic nitrogens is 2. The molecule has 0 aliphatic carbocycles. The van der Waals surface area contributed by atoms with E-state index in [1.807, 2.05) is 11.0 Å². The van der Waals surface area contributed by atoms with Crippen molar-refractivity contribution in [2.45, 2.75) is 6.61 Å². The van der Waals surface area contributed by atoms with E-state index in [0.29, 0.717) is 18.8 Å². The molecule has 0 atom stereocenters. The second-order valence-corrected chi connectivity index (χ2v) is 3.02. The van der Waals surface area contributed by atoms with Crippen LogP contribution in [0, 0.1) is 0 Å². The monoisotopic (exact) mass is 205 g/mol. The molecule has 4 heteroatoms. The average Bonchev–Trinajstić information content (AvgIpc) is 2.29. The van der Waals surface area contributed by atoms with Gasteiger partial charge in [0.15, 0.2) is 5.82 Å². The lowest BCUT2D eigenvalue weighted by molar-refractivity contribution is 0.275. The highest BCUT2D eigenvalue weighted by atomic mass is 16.3. The van der Waals surface area contributed by atoms with Gasteiger partial charge in [-0.2, -0.15) is 5.10 Å². The Morgan fingerprint density at radius 2 is 1.87 bits per heavy atom. The molecule has 1 aromatic heterocycles. The molecule has 0 fully saturated rings. The van der Waals surface area contributed by atoms with Crippen LogP contribution in [0.3, 0.4) is 0 Å². The number of aliphatic hydroxyl groups excluding tert-OH is 1. The van der Waals surface area contributed by atoms with Gasteiger partial charge >= 0.3 is 0 Å². The van der Waals surface area contributed by atoms with Crippen molar-refractivity contribution in [3.8, 4) is 0 Å². The van der Waals surface area contributed by atoms with Crippen LogP contribution in [0.1, 0.15) is 5.69 Å². The average molecular weight is 205 g/mol. The van der Waals surface area contributed by atoms with Crippen molar-refractivity contribution in [3.05, 3.63) is 43.1 Å². The highest BCUT2D eigenvalue weighted by Gasteiger charge is 2.04. The Bertz CT molecular complexity index is 311. The van der Waals surface area contributed by atoms with Crippen molar-refractivity contribution in [2.24, 2.45) is 0 Å². The van der Waals surface area contributed by atoms with E-state index in [9.17, 15) is 0 Å². The summed E-state index contributed by atoms with van der Waals surface area (Å²) in [6.07, 6.45) is 3.59. The van der Waals surface area contributed by atoms with Gasteiger partial charge in [-0.1, -0.05) is 12.2 Å². The summed E-state index contributed by atoms with van der Waals surface area (Å²) in [5.74, 6) is 0.756. The number of hydrogen-bond donors (Lipinski definition) is 1. The van der Waals surface area contributed by atoms with Gasteiger partial charge in [0.25, 0.3) is 0 Å². The first-order valence-corrected chi connectivity index (χ1v) is 4.72. The first-order chi connectivity index (χ1) is 7.31. The lowest BCUT2D eigenvalue weighted by Crippen LogP contribution is -2.24. The van der Waals surface area contributed by atoms with Crippen molar-refractivity contribution < 1.29 is 5.11 Å². The van der Waals surface area contributed by atoms with Crippen LogP contribution in [0.15, 0.2) is 37.4 Å². The number of nitrogens with zero attached hydrogens (tertiary/aromatic N) is 3. The minimum absolute atomic E-state index is 0.0871. The summed E-state index contributed by atoms with van der Waals surface area (Å²) in [5.41, 5.74) is 0.566. The predicted molar refractivity (Wildman–Crippen MR) is 60.6 cm³/mol. The first kappa shape index (κ1) is 11.4. The zero-order valence-electron chi connectivity index (χ0n) is 8.63. The summed E-state index contributed by atoms with van der Waals surface area (Å²) in [7, 11) is 0. The van der Waals surface area contributed by atoms with Crippen LogP contribution in [0.4, 0.5) is 5.82 Å². The van der Waals surface area contributed by atoms with Crippen LogP contribution in [0.5, 0.6) is 0 Å². The van der Waals surface area contributed by atoms with E-state index in [4.69, 9.17) is 5.11 Å². The molecule has 15 heavy (non-hydrogen) atoms. The van der Waals surface area contributed by atoms with Gasteiger partial charge in [-0.3, -0.25) is 0 Å². The summed E-state index contributed by atoms with van der Waals surface area (Å²) >= 11 is 0. The molecule has 0 aliphatic rings. The molecule has 0 bridgehead atoms. The Hall–Kier alpha value is -1.68. The van der Waals surface area contributed by atoms with Gasteiger partial charge in [0.1, 0.15) is 0 Å². The Morgan fingerprint density at radius 1 is 1.20 bits per heavy atom. The maximum atomic E-state index is 8.83. The van der Waals surface area contributed by atoms with E-state index in [1.165, 1.54) is 0 Å². The Kier molecular flexibility index (Phi) is 4.50. The summed E-state index contributed by atoms with van der Waals surface area (Å²) in [5, 5.41) is 16.7. The Labute approximate surface area is 89.6 Å². The lowest BCUT2D eigenvalue weighted by Gasteiger charge is -2.19. The summed E-state index contributed by atoms with van der Waals surface area (Å²) in [4.78, 5) is 1.98. The van der Waals surface area contributed by atoms with E-state index in [0.717, 1.165) is 5.82 Å². The standard InChI is InChI=1S/C11H15N3O/c1-3-7-14(8-4-2)11-6-5-10(9-15)12-13-11/h3-6,15H,1-2,7-9H2. The molecular formula is C11H15N3O. The van der Waals surface area contributed by atoms with Gasteiger partial charge in [0, 0.05) is 13.1 Å². The number of aliphatic hydroxyl groups is 1. The Morgan fingerprint density at radius 3 is 2.27 bits per heavy atom. The molecular weight excluding hydrogens is 190 g/mol. The van der Waals surface area contributed by atoms with Crippen molar-refractivity contribution in [1.29, 1.82) is 0 Å². The molecule has 80 valence electrons. The molecule has 0 aromatic carbocycles. The van der Waals surface area contributed by atoms with E-state index < -0.39 is 0 Å². The van der Waals surface area contributed by atoms with Crippen LogP contribution >= 0.6 is 0 Å². The van der Waals surface area contributed by atoms with Crippen LogP contribution in [-0.4, -0.2) is 28.4 Å². The fourth-order valence-electron chi connectivity index (χ4n) is 1.18. The molecule has 0 aliphatic heterocycles. The molecule has 1 rings (SSSR count). The molecule has 0 saturated carbocycles. The van der Waals surface area contributed by atoms with Crippen LogP contribution in [0.2, 0.25) is 0 Å². The summed E-state index contributed by atoms with van der Waals surface area (Å²) < 4.78 is 0.